The van der Waals surface area contributed by atoms with Crippen molar-refractivity contribution in [3.63, 3.8) is 0 Å². The van der Waals surface area contributed by atoms with Crippen molar-refractivity contribution in [3.8, 4) is 0 Å². The van der Waals surface area contributed by atoms with Crippen molar-refractivity contribution < 1.29 is 68.6 Å². The fraction of sp³-hybridized carbons (Fsp3) is 0.676. The molecule has 0 amide bonds. The molecule has 2 unspecified atom stereocenters. The summed E-state index contributed by atoms with van der Waals surface area (Å²) in [6.45, 7) is 12.8. The number of halogens is 2. The van der Waals surface area contributed by atoms with E-state index < -0.39 is 123 Å². The molecular weight excluding hydrogens is 901 g/mol. The first-order chi connectivity index (χ1) is 28.9. The normalized spacial score (nSPS) is 31.6. The number of aromatic nitrogens is 7. The van der Waals surface area contributed by atoms with Crippen molar-refractivity contribution in [3.05, 3.63) is 41.3 Å². The van der Waals surface area contributed by atoms with Crippen LogP contribution in [0.2, 0.25) is 22.2 Å². The predicted octanol–water partition coefficient (Wildman–Crippen LogP) is 4.37. The number of ether oxygens (including phenoxy) is 2. The van der Waals surface area contributed by atoms with Gasteiger partial charge in [0.2, 0.25) is 0 Å². The number of rotatable bonds is 10. The summed E-state index contributed by atoms with van der Waals surface area (Å²) < 4.78 is 112. The quantitative estimate of drug-likeness (QED) is 0.127. The van der Waals surface area contributed by atoms with E-state index in [4.69, 9.17) is 41.8 Å². The van der Waals surface area contributed by atoms with Crippen LogP contribution in [0.1, 0.15) is 67.8 Å². The monoisotopic (exact) mass is 952 g/mol. The number of alkyl halides is 1. The molecule has 62 heavy (non-hydrogen) atoms. The highest BCUT2D eigenvalue weighted by Crippen LogP contribution is 2.56. The second-order valence-corrected chi connectivity index (χ2v) is 28.3. The van der Waals surface area contributed by atoms with E-state index in [1.165, 1.54) is 7.05 Å². The zero-order chi connectivity index (χ0) is 45.4. The van der Waals surface area contributed by atoms with Crippen LogP contribution in [-0.2, 0) is 52.3 Å². The molecule has 0 spiro atoms. The summed E-state index contributed by atoms with van der Waals surface area (Å²) in [4.78, 5) is 64.4. The van der Waals surface area contributed by atoms with Crippen LogP contribution in [-0.4, -0.2) is 115 Å². The van der Waals surface area contributed by atoms with E-state index in [-0.39, 0.29) is 33.7 Å². The number of imidazole rings is 1. The maximum atomic E-state index is 16.5. The van der Waals surface area contributed by atoms with Crippen LogP contribution in [0.3, 0.4) is 0 Å². The first kappa shape index (κ1) is 47.1. The fourth-order valence-corrected chi connectivity index (χ4v) is 20.0. The number of fused-ring (bicyclic) bond motifs is 5. The molecule has 10 atom stereocenters. The van der Waals surface area contributed by atoms with E-state index in [1.807, 2.05) is 55.4 Å². The Morgan fingerprint density at radius 2 is 1.44 bits per heavy atom. The van der Waals surface area contributed by atoms with Crippen molar-refractivity contribution in [1.29, 1.82) is 0 Å². The molecule has 0 aliphatic carbocycles. The summed E-state index contributed by atoms with van der Waals surface area (Å²) in [5.41, 5.74) is 3.53. The maximum Gasteiger partial charge on any atom is 0.472 e. The number of nitrogens with two attached hydrogens (primary N) is 1. The van der Waals surface area contributed by atoms with E-state index >= 15 is 8.78 Å². The number of nitrogen functional groups attached to an aromatic ring is 1. The van der Waals surface area contributed by atoms with Crippen LogP contribution in [0, 0.1) is 5.82 Å². The molecule has 0 saturated carbocycles. The van der Waals surface area contributed by atoms with E-state index in [1.54, 1.807) is 0 Å². The second kappa shape index (κ2) is 17.1. The van der Waals surface area contributed by atoms with Crippen LogP contribution >= 0.6 is 15.6 Å². The lowest BCUT2D eigenvalue weighted by atomic mass is 10.1. The summed E-state index contributed by atoms with van der Waals surface area (Å²) in [7, 11) is -16.8. The van der Waals surface area contributed by atoms with E-state index in [2.05, 4.69) is 19.9 Å². The van der Waals surface area contributed by atoms with Crippen LogP contribution in [0.4, 0.5) is 14.6 Å². The third kappa shape index (κ3) is 8.41. The van der Waals surface area contributed by atoms with Crippen molar-refractivity contribution >= 4 is 60.8 Å². The van der Waals surface area contributed by atoms with Crippen LogP contribution in [0.5, 0.6) is 0 Å². The van der Waals surface area contributed by atoms with Gasteiger partial charge in [0.05, 0.1) is 25.9 Å². The number of hydrogen-bond acceptors (Lipinski definition) is 17. The van der Waals surface area contributed by atoms with Gasteiger partial charge in [-0.05, 0) is 22.2 Å². The molecule has 2 bridgehead atoms. The van der Waals surface area contributed by atoms with Crippen molar-refractivity contribution in [2.45, 2.75) is 127 Å². The molecular formula is C34H52F2N8O14P2Si2. The van der Waals surface area contributed by atoms with Gasteiger partial charge in [-0.3, -0.25) is 27.5 Å². The number of hydrogen-bond donors (Lipinski definition) is 4. The summed E-state index contributed by atoms with van der Waals surface area (Å²) in [6.07, 6.45) is -9.78. The standard InChI is InChI=1S/C34H52F2N8O14P2Si2/c1-16(2)61(50,17(3)4)58-62(18(5)6,19(7)8)57-27-22-12-52-59(46,47)55-26-21(53-33(24(26)36)44-15-40-25-29(37)38-13-39-31(25)44)11-51-60(48,49)56-28(27)34(54-22)43-10-20(35)23-30(43)41-14-42(9)32(23)45/h10,13-19,21-22,24,26-28,33-34,50H,11-12H2,1-9H3,(H,46,47)(H,48,49)(H2,37,38,39)/t21-,22+,24-,26-,27-,28-,33-,34-/m1/s1. The first-order valence-corrected chi connectivity index (χ1v) is 26.9. The third-order valence-corrected chi connectivity index (χ3v) is 23.3. The highest BCUT2D eigenvalue weighted by atomic mass is 31.2. The van der Waals surface area contributed by atoms with Crippen LogP contribution in [0.15, 0.2) is 30.0 Å². The fourth-order valence-electron chi connectivity index (χ4n) is 8.20. The molecule has 4 aromatic rings. The minimum Gasteiger partial charge on any atom is -0.414 e. The third-order valence-electron chi connectivity index (χ3n) is 11.6. The number of phosphoric ester groups is 2. The lowest BCUT2D eigenvalue weighted by molar-refractivity contribution is -0.0670. The summed E-state index contributed by atoms with van der Waals surface area (Å²) in [5.74, 6) is -1.03. The van der Waals surface area contributed by atoms with Gasteiger partial charge in [-0.2, -0.15) is 0 Å². The van der Waals surface area contributed by atoms with Crippen molar-refractivity contribution in [2.75, 3.05) is 18.9 Å². The number of phosphoric acid groups is 2. The Kier molecular flexibility index (Phi) is 13.0. The van der Waals surface area contributed by atoms with Gasteiger partial charge in [0, 0.05) is 13.2 Å². The molecule has 22 nitrogen and oxygen atoms in total. The molecule has 344 valence electrons. The Morgan fingerprint density at radius 3 is 2.05 bits per heavy atom. The second-order valence-electron chi connectivity index (χ2n) is 16.8. The molecule has 3 fully saturated rings. The minimum absolute atomic E-state index is 0.0203. The molecule has 3 saturated heterocycles. The van der Waals surface area contributed by atoms with Crippen molar-refractivity contribution in [1.82, 2.24) is 33.6 Å². The largest absolute Gasteiger partial charge is 0.472 e. The number of aryl methyl sites for hydroxylation is 1. The molecule has 7 rings (SSSR count). The highest BCUT2D eigenvalue weighted by Gasteiger charge is 2.61. The highest BCUT2D eigenvalue weighted by molar-refractivity contribution is 7.47. The van der Waals surface area contributed by atoms with Gasteiger partial charge in [-0.25, -0.2) is 37.8 Å². The van der Waals surface area contributed by atoms with Crippen LogP contribution < -0.4 is 11.3 Å². The molecule has 4 aromatic heterocycles. The number of anilines is 1. The number of nitrogens with zero attached hydrogens (tertiary/aromatic N) is 7. The maximum absolute atomic E-state index is 16.5. The van der Waals surface area contributed by atoms with E-state index in [0.29, 0.717) is 0 Å². The Bertz CT molecular complexity index is 2450. The van der Waals surface area contributed by atoms with Gasteiger partial charge in [-0.15, -0.1) is 0 Å². The van der Waals surface area contributed by atoms with Gasteiger partial charge >= 0.3 is 32.8 Å². The topological polar surface area (TPSA) is 278 Å². The Balaban J connectivity index is 1.33. The zero-order valence-electron chi connectivity index (χ0n) is 35.3. The Hall–Kier alpha value is -2.92. The van der Waals surface area contributed by atoms with E-state index in [9.17, 15) is 28.5 Å². The average molecular weight is 953 g/mol. The predicted molar refractivity (Wildman–Crippen MR) is 219 cm³/mol. The minimum atomic E-state index is -5.38. The summed E-state index contributed by atoms with van der Waals surface area (Å²) in [5, 5.41) is -0.443. The molecule has 0 aromatic carbocycles. The van der Waals surface area contributed by atoms with Gasteiger partial charge < -0.3 is 47.5 Å². The lowest BCUT2D eigenvalue weighted by Crippen LogP contribution is -2.62. The molecule has 3 aliphatic rings. The lowest BCUT2D eigenvalue weighted by Gasteiger charge is -2.47. The van der Waals surface area contributed by atoms with Crippen molar-refractivity contribution in [2.24, 2.45) is 7.05 Å². The van der Waals surface area contributed by atoms with E-state index in [0.717, 1.165) is 38.9 Å². The van der Waals surface area contributed by atoms with Crippen LogP contribution in [0.25, 0.3) is 22.2 Å². The van der Waals surface area contributed by atoms with Gasteiger partial charge in [0.15, 0.2) is 41.6 Å². The SMILES string of the molecule is CC(C)[Si](O)(O[Si](O[C@H]1[C@H]2OP(=O)(O)OC[C@H]3O[C@@H](n4cnc5c(N)ncnc54)[C@H](F)[C@@H]3OP(=O)(O)OC[C@@H]1O[C@H]2n1cc(F)c2c(=O)n(C)cnc21)(C(C)C)C(C)C)C(C)C. The molecule has 28 heteroatoms. The summed E-state index contributed by atoms with van der Waals surface area (Å²) in [6, 6.07) is 0. The smallest absolute Gasteiger partial charge is 0.414 e. The Morgan fingerprint density at radius 1 is 0.839 bits per heavy atom. The summed E-state index contributed by atoms with van der Waals surface area (Å²) >= 11 is 0. The van der Waals surface area contributed by atoms with Gasteiger partial charge in [0.1, 0.15) is 47.8 Å². The first-order valence-electron chi connectivity index (χ1n) is 19.9. The zero-order valence-corrected chi connectivity index (χ0v) is 39.1. The average Bonchev–Trinajstić information content (AvgIpc) is 3.93. The molecule has 7 heterocycles. The molecule has 3 aliphatic heterocycles. The molecule has 5 N–H and O–H groups in total. The van der Waals surface area contributed by atoms with Gasteiger partial charge in [-0.1, -0.05) is 55.4 Å². The van der Waals surface area contributed by atoms with Gasteiger partial charge in [0.25, 0.3) is 5.56 Å². The molecule has 0 radical (unpaired) electrons. The Labute approximate surface area is 356 Å².